The molecule has 0 aliphatic heterocycles. The minimum Gasteiger partial charge on any atom is -0.464 e. The van der Waals surface area contributed by atoms with Crippen LogP contribution in [0.5, 0.6) is 0 Å². The molecule has 0 saturated heterocycles. The molecule has 136 valence electrons. The second-order valence-electron chi connectivity index (χ2n) is 6.27. The van der Waals surface area contributed by atoms with Crippen LogP contribution < -0.4 is 0 Å². The third-order valence-corrected chi connectivity index (χ3v) is 6.25. The number of methoxy groups -OCH3 is 1. The van der Waals surface area contributed by atoms with Gasteiger partial charge >= 0.3 is 5.97 Å². The zero-order valence-electron chi connectivity index (χ0n) is 15.0. The highest BCUT2D eigenvalue weighted by molar-refractivity contribution is 7.91. The average Bonchev–Trinajstić information content (AvgIpc) is 2.91. The van der Waals surface area contributed by atoms with E-state index in [4.69, 9.17) is 4.74 Å². The highest BCUT2D eigenvalue weighted by Crippen LogP contribution is 2.27. The summed E-state index contributed by atoms with van der Waals surface area (Å²) < 4.78 is 31.9. The fourth-order valence-electron chi connectivity index (χ4n) is 3.19. The Labute approximate surface area is 153 Å². The molecule has 1 aromatic heterocycles. The van der Waals surface area contributed by atoms with E-state index in [0.717, 1.165) is 22.0 Å². The molecule has 0 N–H and O–H groups in total. The van der Waals surface area contributed by atoms with Crippen LogP contribution in [0.15, 0.2) is 53.4 Å². The van der Waals surface area contributed by atoms with Gasteiger partial charge in [-0.2, -0.15) is 0 Å². The smallest absolute Gasteiger partial charge is 0.354 e. The average molecular weight is 371 g/mol. The number of nitrogens with zero attached hydrogens (tertiary/aromatic N) is 1. The van der Waals surface area contributed by atoms with Gasteiger partial charge in [0.15, 0.2) is 9.84 Å². The first-order chi connectivity index (χ1) is 12.3. The summed E-state index contributed by atoms with van der Waals surface area (Å²) in [6.45, 7) is 4.01. The van der Waals surface area contributed by atoms with Gasteiger partial charge in [-0.15, -0.1) is 0 Å². The molecule has 0 saturated carbocycles. The zero-order valence-corrected chi connectivity index (χ0v) is 15.8. The molecule has 3 rings (SSSR count). The molecule has 0 bridgehead atoms. The summed E-state index contributed by atoms with van der Waals surface area (Å²) in [6, 6.07) is 14.2. The quantitative estimate of drug-likeness (QED) is 0.644. The number of fused-ring (bicyclic) bond motifs is 1. The van der Waals surface area contributed by atoms with Crippen LogP contribution in [0.4, 0.5) is 0 Å². The van der Waals surface area contributed by atoms with Crippen molar-refractivity contribution < 1.29 is 17.9 Å². The summed E-state index contributed by atoms with van der Waals surface area (Å²) in [7, 11) is -2.12. The van der Waals surface area contributed by atoms with Crippen molar-refractivity contribution in [3.63, 3.8) is 0 Å². The molecule has 0 aliphatic rings. The van der Waals surface area contributed by atoms with Gasteiger partial charge in [0.25, 0.3) is 0 Å². The van der Waals surface area contributed by atoms with E-state index in [1.807, 2.05) is 32.0 Å². The van der Waals surface area contributed by atoms with Crippen molar-refractivity contribution in [1.82, 2.24) is 4.57 Å². The Kier molecular flexibility index (Phi) is 4.87. The first-order valence-electron chi connectivity index (χ1n) is 8.30. The lowest BCUT2D eigenvalue weighted by molar-refractivity contribution is 0.0588. The Morgan fingerprint density at radius 1 is 1.08 bits per heavy atom. The molecule has 0 fully saturated rings. The summed E-state index contributed by atoms with van der Waals surface area (Å²) in [4.78, 5) is 12.6. The van der Waals surface area contributed by atoms with Crippen molar-refractivity contribution in [3.05, 3.63) is 65.4 Å². The van der Waals surface area contributed by atoms with Gasteiger partial charge in [0.1, 0.15) is 5.69 Å². The van der Waals surface area contributed by atoms with Crippen LogP contribution in [0.3, 0.4) is 0 Å². The number of esters is 1. The molecule has 0 spiro atoms. The Morgan fingerprint density at radius 2 is 1.77 bits per heavy atom. The molecular formula is C20H21NO4S. The van der Waals surface area contributed by atoms with Crippen molar-refractivity contribution in [2.24, 2.45) is 0 Å². The molecule has 0 atom stereocenters. The molecule has 26 heavy (non-hydrogen) atoms. The molecule has 0 amide bonds. The fourth-order valence-corrected chi connectivity index (χ4v) is 4.42. The van der Waals surface area contributed by atoms with Crippen LogP contribution in [-0.4, -0.2) is 31.8 Å². The third-order valence-electron chi connectivity index (χ3n) is 4.54. The minimum absolute atomic E-state index is 0.0991. The summed E-state index contributed by atoms with van der Waals surface area (Å²) >= 11 is 0. The highest BCUT2D eigenvalue weighted by atomic mass is 32.2. The van der Waals surface area contributed by atoms with Gasteiger partial charge in [0.05, 0.1) is 17.8 Å². The molecule has 6 heteroatoms. The number of hydrogen-bond acceptors (Lipinski definition) is 4. The lowest BCUT2D eigenvalue weighted by Gasteiger charge is -2.11. The number of hydrogen-bond donors (Lipinski definition) is 0. The van der Waals surface area contributed by atoms with Crippen LogP contribution in [0.25, 0.3) is 10.9 Å². The number of sulfone groups is 1. The SMILES string of the molecule is COC(=O)c1c(C)c2cc(C)ccc2n1CCS(=O)(=O)c1ccccc1. The van der Waals surface area contributed by atoms with E-state index in [1.165, 1.54) is 7.11 Å². The summed E-state index contributed by atoms with van der Waals surface area (Å²) in [5.41, 5.74) is 3.10. The van der Waals surface area contributed by atoms with Crippen LogP contribution in [0.2, 0.25) is 0 Å². The number of carbonyl (C=O) groups excluding carboxylic acids is 1. The van der Waals surface area contributed by atoms with E-state index in [1.54, 1.807) is 34.9 Å². The van der Waals surface area contributed by atoms with Gasteiger partial charge < -0.3 is 9.30 Å². The van der Waals surface area contributed by atoms with Crippen LogP contribution >= 0.6 is 0 Å². The second kappa shape index (κ2) is 6.96. The topological polar surface area (TPSA) is 65.4 Å². The van der Waals surface area contributed by atoms with Crippen molar-refractivity contribution >= 4 is 26.7 Å². The molecule has 0 unspecified atom stereocenters. The molecule has 5 nitrogen and oxygen atoms in total. The third kappa shape index (κ3) is 3.24. The largest absolute Gasteiger partial charge is 0.464 e. The van der Waals surface area contributed by atoms with E-state index in [-0.39, 0.29) is 17.2 Å². The maximum absolute atomic E-state index is 12.6. The monoisotopic (exact) mass is 371 g/mol. The van der Waals surface area contributed by atoms with Crippen LogP contribution in [0, 0.1) is 13.8 Å². The Bertz CT molecular complexity index is 1070. The summed E-state index contributed by atoms with van der Waals surface area (Å²) in [5.74, 6) is -0.563. The van der Waals surface area contributed by atoms with E-state index in [9.17, 15) is 13.2 Å². The van der Waals surface area contributed by atoms with Gasteiger partial charge in [-0.1, -0.05) is 29.8 Å². The zero-order chi connectivity index (χ0) is 18.9. The molecule has 2 aromatic carbocycles. The summed E-state index contributed by atoms with van der Waals surface area (Å²) in [6.07, 6.45) is 0. The first kappa shape index (κ1) is 18.2. The van der Waals surface area contributed by atoms with Gasteiger partial charge in [-0.25, -0.2) is 13.2 Å². The number of rotatable bonds is 5. The predicted octanol–water partition coefficient (Wildman–Crippen LogP) is 3.52. The van der Waals surface area contributed by atoms with Crippen LogP contribution in [0.1, 0.15) is 21.6 Å². The fraction of sp³-hybridized carbons (Fsp3) is 0.250. The van der Waals surface area contributed by atoms with Gasteiger partial charge in [0, 0.05) is 17.4 Å². The molecule has 0 radical (unpaired) electrons. The van der Waals surface area contributed by atoms with Crippen molar-refractivity contribution in [2.75, 3.05) is 12.9 Å². The van der Waals surface area contributed by atoms with Crippen LogP contribution in [-0.2, 0) is 21.1 Å². The van der Waals surface area contributed by atoms with Crippen molar-refractivity contribution in [2.45, 2.75) is 25.3 Å². The Hall–Kier alpha value is -2.60. The molecular weight excluding hydrogens is 350 g/mol. The van der Waals surface area contributed by atoms with Gasteiger partial charge in [0.2, 0.25) is 0 Å². The molecule has 3 aromatic rings. The first-order valence-corrected chi connectivity index (χ1v) is 9.96. The Morgan fingerprint density at radius 3 is 2.42 bits per heavy atom. The van der Waals surface area contributed by atoms with E-state index < -0.39 is 15.8 Å². The highest BCUT2D eigenvalue weighted by Gasteiger charge is 2.23. The predicted molar refractivity (Wildman–Crippen MR) is 101 cm³/mol. The number of aryl methyl sites for hydroxylation is 3. The van der Waals surface area contributed by atoms with Gasteiger partial charge in [-0.3, -0.25) is 0 Å². The minimum atomic E-state index is -3.45. The number of aromatic nitrogens is 1. The normalized spacial score (nSPS) is 11.7. The Balaban J connectivity index is 2.06. The standard InChI is InChI=1S/C20H21NO4S/c1-14-9-10-18-17(13-14)15(2)19(20(22)25-3)21(18)11-12-26(23,24)16-7-5-4-6-8-16/h4-10,13H,11-12H2,1-3H3. The van der Waals surface area contributed by atoms with E-state index in [0.29, 0.717) is 5.69 Å². The summed E-state index contributed by atoms with van der Waals surface area (Å²) in [5, 5.41) is 0.933. The maximum Gasteiger partial charge on any atom is 0.354 e. The second-order valence-corrected chi connectivity index (χ2v) is 8.38. The van der Waals surface area contributed by atoms with E-state index in [2.05, 4.69) is 0 Å². The van der Waals surface area contributed by atoms with Crippen molar-refractivity contribution in [3.8, 4) is 0 Å². The number of ether oxygens (including phenoxy) is 1. The maximum atomic E-state index is 12.6. The van der Waals surface area contributed by atoms with Gasteiger partial charge in [-0.05, 0) is 43.7 Å². The molecule has 1 heterocycles. The lowest BCUT2D eigenvalue weighted by atomic mass is 10.1. The van der Waals surface area contributed by atoms with E-state index >= 15 is 0 Å². The van der Waals surface area contributed by atoms with Crippen molar-refractivity contribution in [1.29, 1.82) is 0 Å². The number of benzene rings is 2. The lowest BCUT2D eigenvalue weighted by Crippen LogP contribution is -2.18. The number of carbonyl (C=O) groups is 1. The molecule has 0 aliphatic carbocycles.